The van der Waals surface area contributed by atoms with Crippen LogP contribution in [0.2, 0.25) is 0 Å². The fourth-order valence-electron chi connectivity index (χ4n) is 7.61. The summed E-state index contributed by atoms with van der Waals surface area (Å²) in [6.07, 6.45) is 1.97. The molecule has 4 saturated heterocycles. The Morgan fingerprint density at radius 3 is 2.62 bits per heavy atom. The molecule has 3 aliphatic carbocycles. The van der Waals surface area contributed by atoms with Gasteiger partial charge in [0.1, 0.15) is 24.4 Å². The van der Waals surface area contributed by atoms with Crippen LogP contribution in [0.5, 0.6) is 0 Å². The molecule has 0 aromatic rings. The summed E-state index contributed by atoms with van der Waals surface area (Å²) in [5.74, 6) is 0.148. The number of epoxide rings is 2. The molecule has 6 heteroatoms. The van der Waals surface area contributed by atoms with Gasteiger partial charge < -0.3 is 18.9 Å². The van der Waals surface area contributed by atoms with Gasteiger partial charge in [0.2, 0.25) is 5.78 Å². The van der Waals surface area contributed by atoms with E-state index in [0.29, 0.717) is 19.4 Å². The number of rotatable bonds is 1. The van der Waals surface area contributed by atoms with E-state index in [4.69, 9.17) is 18.9 Å². The maximum atomic E-state index is 13.6. The second kappa shape index (κ2) is 3.69. The number of hydrogen-bond donors (Lipinski definition) is 0. The van der Waals surface area contributed by atoms with Crippen molar-refractivity contribution in [2.24, 2.45) is 17.3 Å². The molecule has 0 radical (unpaired) electrons. The van der Waals surface area contributed by atoms with Gasteiger partial charge in [-0.1, -0.05) is 20.8 Å². The summed E-state index contributed by atoms with van der Waals surface area (Å²) in [6.45, 7) is 6.71. The van der Waals surface area contributed by atoms with Gasteiger partial charge in [-0.15, -0.1) is 0 Å². The van der Waals surface area contributed by atoms with Gasteiger partial charge in [0.05, 0.1) is 6.10 Å². The molecule has 8 aliphatic rings. The second-order valence-corrected chi connectivity index (χ2v) is 9.75. The number of carbonyl (C=O) groups is 2. The van der Waals surface area contributed by atoms with Crippen LogP contribution in [0.15, 0.2) is 11.1 Å². The lowest BCUT2D eigenvalue weighted by molar-refractivity contribution is -0.316. The molecule has 2 saturated carbocycles. The van der Waals surface area contributed by atoms with E-state index in [1.54, 1.807) is 0 Å². The zero-order valence-electron chi connectivity index (χ0n) is 15.2. The first-order valence-corrected chi connectivity index (χ1v) is 9.81. The Hall–Kier alpha value is -1.24. The minimum absolute atomic E-state index is 0.0289. The number of Topliss-reactive ketones (excluding diaryl/α,β-unsaturated/α-hetero) is 1. The summed E-state index contributed by atoms with van der Waals surface area (Å²) in [5.41, 5.74) is -0.450. The van der Waals surface area contributed by atoms with Gasteiger partial charge in [0.15, 0.2) is 11.2 Å². The van der Waals surface area contributed by atoms with Crippen LogP contribution in [-0.4, -0.2) is 53.5 Å². The first-order valence-electron chi connectivity index (χ1n) is 9.81. The molecule has 2 spiro atoms. The average Bonchev–Trinajstić information content (AvgIpc) is 3.42. The Kier molecular flexibility index (Phi) is 2.10. The van der Waals surface area contributed by atoms with Crippen LogP contribution in [0.4, 0.5) is 0 Å². The summed E-state index contributed by atoms with van der Waals surface area (Å²) in [6, 6.07) is 0. The molecule has 0 aromatic heterocycles. The van der Waals surface area contributed by atoms with Crippen LogP contribution >= 0.6 is 0 Å². The van der Waals surface area contributed by atoms with Crippen LogP contribution in [0.3, 0.4) is 0 Å². The molecule has 5 aliphatic heterocycles. The molecule has 0 amide bonds. The summed E-state index contributed by atoms with van der Waals surface area (Å²) >= 11 is 0. The van der Waals surface area contributed by atoms with Crippen LogP contribution in [0.1, 0.15) is 40.0 Å². The minimum Gasteiger partial charge on any atom is -0.458 e. The smallest absolute Gasteiger partial charge is 0.334 e. The lowest BCUT2D eigenvalue weighted by Gasteiger charge is -2.68. The number of carbonyl (C=O) groups excluding carboxylic acids is 2. The molecule has 26 heavy (non-hydrogen) atoms. The van der Waals surface area contributed by atoms with Crippen LogP contribution in [0, 0.1) is 17.3 Å². The van der Waals surface area contributed by atoms with Crippen LogP contribution in [-0.2, 0) is 28.5 Å². The highest BCUT2D eigenvalue weighted by molar-refractivity contribution is 6.03. The van der Waals surface area contributed by atoms with Crippen molar-refractivity contribution in [1.29, 1.82) is 0 Å². The third-order valence-corrected chi connectivity index (χ3v) is 8.81. The highest BCUT2D eigenvalue weighted by atomic mass is 16.7. The molecular weight excluding hydrogens is 336 g/mol. The largest absolute Gasteiger partial charge is 0.458 e. The van der Waals surface area contributed by atoms with Crippen molar-refractivity contribution in [2.75, 3.05) is 6.61 Å². The molecule has 0 aromatic carbocycles. The number of ketones is 1. The molecular formula is C20H22O6. The van der Waals surface area contributed by atoms with Crippen molar-refractivity contribution in [3.05, 3.63) is 11.1 Å². The zero-order valence-corrected chi connectivity index (χ0v) is 15.2. The van der Waals surface area contributed by atoms with Crippen molar-refractivity contribution in [1.82, 2.24) is 0 Å². The highest BCUT2D eigenvalue weighted by Crippen LogP contribution is 2.81. The summed E-state index contributed by atoms with van der Waals surface area (Å²) in [5, 5.41) is 0. The van der Waals surface area contributed by atoms with Crippen molar-refractivity contribution in [2.45, 2.75) is 75.1 Å². The van der Waals surface area contributed by atoms with Crippen LogP contribution < -0.4 is 0 Å². The monoisotopic (exact) mass is 358 g/mol. The number of cyclic esters (lactones) is 1. The van der Waals surface area contributed by atoms with Gasteiger partial charge >= 0.3 is 5.97 Å². The predicted molar refractivity (Wildman–Crippen MR) is 86.1 cm³/mol. The fourth-order valence-corrected chi connectivity index (χ4v) is 7.61. The molecule has 2 bridgehead atoms. The number of ether oxygens (including phenoxy) is 4. The van der Waals surface area contributed by atoms with E-state index in [1.165, 1.54) is 0 Å². The van der Waals surface area contributed by atoms with Crippen molar-refractivity contribution < 1.29 is 28.5 Å². The molecule has 0 N–H and O–H groups in total. The van der Waals surface area contributed by atoms with Crippen LogP contribution in [0.25, 0.3) is 0 Å². The Labute approximate surface area is 151 Å². The molecule has 5 heterocycles. The van der Waals surface area contributed by atoms with E-state index in [9.17, 15) is 9.59 Å². The van der Waals surface area contributed by atoms with Gasteiger partial charge in [0.25, 0.3) is 0 Å². The van der Waals surface area contributed by atoms with Gasteiger partial charge in [-0.05, 0) is 24.3 Å². The van der Waals surface area contributed by atoms with E-state index < -0.39 is 16.8 Å². The van der Waals surface area contributed by atoms with Crippen molar-refractivity contribution >= 4 is 11.8 Å². The summed E-state index contributed by atoms with van der Waals surface area (Å²) in [7, 11) is 0. The Balaban J connectivity index is 1.40. The first-order chi connectivity index (χ1) is 12.3. The summed E-state index contributed by atoms with van der Waals surface area (Å²) < 4.78 is 24.2. The van der Waals surface area contributed by atoms with Crippen molar-refractivity contribution in [3.8, 4) is 0 Å². The molecule has 8 atom stereocenters. The number of fused-ring (bicyclic) bond motifs is 2. The average molecular weight is 358 g/mol. The Morgan fingerprint density at radius 2 is 1.88 bits per heavy atom. The van der Waals surface area contributed by atoms with E-state index in [-0.39, 0.29) is 47.3 Å². The quantitative estimate of drug-likeness (QED) is 0.520. The molecule has 8 rings (SSSR count). The van der Waals surface area contributed by atoms with Gasteiger partial charge in [0, 0.05) is 23.3 Å². The van der Waals surface area contributed by atoms with Gasteiger partial charge in [-0.25, -0.2) is 4.79 Å². The van der Waals surface area contributed by atoms with E-state index in [2.05, 4.69) is 6.92 Å². The standard InChI is InChI=1S/C20H22O6/c1-8(2)19-13(25-19)14-20(26-14)17(3)5-4-9-10(7-23-15(9)21)12(17)11-6-18(20,24-11)16(19)22/h8,11-14H,4-7H2,1-3H3/t11?,12-,13+,14+,17+,18-,19+,20-/m1/s1. The van der Waals surface area contributed by atoms with E-state index in [0.717, 1.165) is 17.6 Å². The zero-order chi connectivity index (χ0) is 17.9. The van der Waals surface area contributed by atoms with Gasteiger partial charge in [-0.2, -0.15) is 0 Å². The molecule has 138 valence electrons. The third kappa shape index (κ3) is 1.08. The molecule has 1 unspecified atom stereocenters. The fraction of sp³-hybridized carbons (Fsp3) is 0.800. The Bertz CT molecular complexity index is 852. The van der Waals surface area contributed by atoms with E-state index >= 15 is 0 Å². The van der Waals surface area contributed by atoms with E-state index in [1.807, 2.05) is 13.8 Å². The maximum Gasteiger partial charge on any atom is 0.334 e. The third-order valence-electron chi connectivity index (χ3n) is 8.81. The highest BCUT2D eigenvalue weighted by Gasteiger charge is 2.98. The first kappa shape index (κ1) is 14.8. The topological polar surface area (TPSA) is 77.7 Å². The second-order valence-electron chi connectivity index (χ2n) is 9.75. The molecule has 6 nitrogen and oxygen atoms in total. The number of hydrogen-bond acceptors (Lipinski definition) is 6. The minimum atomic E-state index is -0.855. The number of esters is 1. The SMILES string of the molecule is CC(C)[C@]12O[C@H]1[C@@H]1O[C@@]13[C@@]1(C)CCC4=C(COC4=O)[C@@H]1C1C[C@@]3(O1)C2=O. The molecule has 6 fully saturated rings. The lowest BCUT2D eigenvalue weighted by atomic mass is 9.42. The predicted octanol–water partition coefficient (Wildman–Crippen LogP) is 1.31. The Morgan fingerprint density at radius 1 is 1.12 bits per heavy atom. The van der Waals surface area contributed by atoms with Gasteiger partial charge in [-0.3, -0.25) is 4.79 Å². The van der Waals surface area contributed by atoms with Crippen molar-refractivity contribution in [3.63, 3.8) is 0 Å². The lowest BCUT2D eigenvalue weighted by Crippen LogP contribution is -2.82. The summed E-state index contributed by atoms with van der Waals surface area (Å²) in [4.78, 5) is 25.7. The maximum absolute atomic E-state index is 13.6. The normalized spacial score (nSPS) is 60.3.